The topological polar surface area (TPSA) is 24.5 Å². The number of anilines is 1. The van der Waals surface area contributed by atoms with Crippen LogP contribution in [0.5, 0.6) is 0 Å². The van der Waals surface area contributed by atoms with Crippen molar-refractivity contribution in [3.63, 3.8) is 0 Å². The molecule has 0 spiro atoms. The van der Waals surface area contributed by atoms with Crippen molar-refractivity contribution in [2.45, 2.75) is 25.4 Å². The molecule has 3 rings (SSSR count). The second kappa shape index (κ2) is 5.72. The first-order chi connectivity index (χ1) is 8.95. The van der Waals surface area contributed by atoms with Crippen molar-refractivity contribution in [2.75, 3.05) is 37.7 Å². The summed E-state index contributed by atoms with van der Waals surface area (Å²) in [5, 5.41) is 3.42. The summed E-state index contributed by atoms with van der Waals surface area (Å²) in [4.78, 5) is 2.52. The van der Waals surface area contributed by atoms with Gasteiger partial charge in [0.25, 0.3) is 0 Å². The van der Waals surface area contributed by atoms with Crippen molar-refractivity contribution in [1.82, 2.24) is 5.32 Å². The molecule has 98 valence electrons. The van der Waals surface area contributed by atoms with E-state index in [4.69, 9.17) is 4.74 Å². The quantitative estimate of drug-likeness (QED) is 0.867. The summed E-state index contributed by atoms with van der Waals surface area (Å²) < 4.78 is 5.91. The van der Waals surface area contributed by atoms with Gasteiger partial charge in [-0.1, -0.05) is 18.2 Å². The largest absolute Gasteiger partial charge is 0.371 e. The van der Waals surface area contributed by atoms with Crippen LogP contribution in [0.4, 0.5) is 5.69 Å². The van der Waals surface area contributed by atoms with Crippen molar-refractivity contribution in [1.29, 1.82) is 0 Å². The zero-order chi connectivity index (χ0) is 12.2. The lowest BCUT2D eigenvalue weighted by Crippen LogP contribution is -2.35. The normalized spacial score (nSPS) is 25.1. The molecule has 0 aliphatic carbocycles. The van der Waals surface area contributed by atoms with Crippen LogP contribution in [0.15, 0.2) is 24.3 Å². The number of piperidine rings is 1. The molecule has 0 radical (unpaired) electrons. The Morgan fingerprint density at radius 3 is 2.72 bits per heavy atom. The van der Waals surface area contributed by atoms with Crippen LogP contribution in [0, 0.1) is 0 Å². The number of hydrogen-bond acceptors (Lipinski definition) is 3. The molecule has 1 atom stereocenters. The lowest BCUT2D eigenvalue weighted by atomic mass is 10.0. The summed E-state index contributed by atoms with van der Waals surface area (Å²) in [7, 11) is 0. The first kappa shape index (κ1) is 12.0. The Morgan fingerprint density at radius 2 is 1.94 bits per heavy atom. The lowest BCUT2D eigenvalue weighted by Gasteiger charge is -2.33. The van der Waals surface area contributed by atoms with Crippen LogP contribution < -0.4 is 10.2 Å². The SMILES string of the molecule is c1ccc(N2CCCCC2)c(C2CNCCO2)c1. The molecular weight excluding hydrogens is 224 g/mol. The predicted octanol–water partition coefficient (Wildman–Crippen LogP) is 2.34. The van der Waals surface area contributed by atoms with Gasteiger partial charge >= 0.3 is 0 Å². The van der Waals surface area contributed by atoms with Crippen LogP contribution in [0.1, 0.15) is 30.9 Å². The van der Waals surface area contributed by atoms with Gasteiger partial charge in [0.2, 0.25) is 0 Å². The summed E-state index contributed by atoms with van der Waals surface area (Å²) in [6.07, 6.45) is 4.23. The van der Waals surface area contributed by atoms with Crippen LogP contribution in [0.25, 0.3) is 0 Å². The molecule has 1 aromatic carbocycles. The molecule has 3 heteroatoms. The maximum atomic E-state index is 5.91. The van der Waals surface area contributed by atoms with E-state index in [0.717, 1.165) is 19.7 Å². The summed E-state index contributed by atoms with van der Waals surface area (Å²) in [6, 6.07) is 8.74. The molecule has 0 saturated carbocycles. The minimum atomic E-state index is 0.219. The smallest absolute Gasteiger partial charge is 0.0969 e. The molecular formula is C15H22N2O. The maximum Gasteiger partial charge on any atom is 0.0969 e. The summed E-state index contributed by atoms with van der Waals surface area (Å²) in [6.45, 7) is 5.11. The highest BCUT2D eigenvalue weighted by Crippen LogP contribution is 2.30. The van der Waals surface area contributed by atoms with Crippen LogP contribution in [0.3, 0.4) is 0 Å². The zero-order valence-electron chi connectivity index (χ0n) is 10.9. The Hall–Kier alpha value is -1.06. The van der Waals surface area contributed by atoms with E-state index in [-0.39, 0.29) is 6.10 Å². The fourth-order valence-corrected chi connectivity index (χ4v) is 2.95. The number of para-hydroxylation sites is 1. The fraction of sp³-hybridized carbons (Fsp3) is 0.600. The molecule has 2 saturated heterocycles. The highest BCUT2D eigenvalue weighted by molar-refractivity contribution is 5.55. The third-order valence-corrected chi connectivity index (χ3v) is 3.91. The number of rotatable bonds is 2. The van der Waals surface area contributed by atoms with E-state index in [1.54, 1.807) is 0 Å². The number of morpholine rings is 1. The zero-order valence-corrected chi connectivity index (χ0v) is 10.9. The van der Waals surface area contributed by atoms with E-state index in [2.05, 4.69) is 34.5 Å². The van der Waals surface area contributed by atoms with Gasteiger partial charge in [-0.05, 0) is 25.3 Å². The van der Waals surface area contributed by atoms with Gasteiger partial charge in [0.05, 0.1) is 12.7 Å². The predicted molar refractivity (Wildman–Crippen MR) is 74.1 cm³/mol. The first-order valence-corrected chi connectivity index (χ1v) is 7.11. The van der Waals surface area contributed by atoms with Crippen molar-refractivity contribution < 1.29 is 4.74 Å². The number of ether oxygens (including phenoxy) is 1. The van der Waals surface area contributed by atoms with E-state index in [1.807, 2.05) is 0 Å². The molecule has 0 bridgehead atoms. The van der Waals surface area contributed by atoms with E-state index >= 15 is 0 Å². The number of benzene rings is 1. The molecule has 2 fully saturated rings. The molecule has 3 nitrogen and oxygen atoms in total. The standard InChI is InChI=1S/C15H22N2O/c1-4-9-17(10-5-1)14-7-3-2-6-13(14)15-12-16-8-11-18-15/h2-3,6-7,15-16H,1,4-5,8-12H2. The summed E-state index contributed by atoms with van der Waals surface area (Å²) >= 11 is 0. The van der Waals surface area contributed by atoms with Crippen LogP contribution in [0.2, 0.25) is 0 Å². The Labute approximate surface area is 109 Å². The molecule has 18 heavy (non-hydrogen) atoms. The molecule has 1 aromatic rings. The summed E-state index contributed by atoms with van der Waals surface area (Å²) in [5.41, 5.74) is 2.73. The fourth-order valence-electron chi connectivity index (χ4n) is 2.95. The molecule has 2 aliphatic rings. The van der Waals surface area contributed by atoms with Gasteiger partial charge in [-0.3, -0.25) is 0 Å². The third-order valence-electron chi connectivity index (χ3n) is 3.91. The highest BCUT2D eigenvalue weighted by atomic mass is 16.5. The van der Waals surface area contributed by atoms with Gasteiger partial charge in [-0.15, -0.1) is 0 Å². The lowest BCUT2D eigenvalue weighted by molar-refractivity contribution is 0.0279. The van der Waals surface area contributed by atoms with Crippen molar-refractivity contribution in [2.24, 2.45) is 0 Å². The minimum absolute atomic E-state index is 0.219. The Bertz CT molecular complexity index is 345. The molecule has 1 N–H and O–H groups in total. The van der Waals surface area contributed by atoms with Gasteiger partial charge in [-0.2, -0.15) is 0 Å². The molecule has 0 amide bonds. The van der Waals surface area contributed by atoms with Gasteiger partial charge in [0.1, 0.15) is 0 Å². The Balaban J connectivity index is 1.83. The van der Waals surface area contributed by atoms with E-state index < -0.39 is 0 Å². The van der Waals surface area contributed by atoms with Crippen LogP contribution in [-0.4, -0.2) is 32.8 Å². The second-order valence-electron chi connectivity index (χ2n) is 5.17. The van der Waals surface area contributed by atoms with E-state index in [9.17, 15) is 0 Å². The van der Waals surface area contributed by atoms with Crippen LogP contribution in [-0.2, 0) is 4.74 Å². The molecule has 0 aromatic heterocycles. The summed E-state index contributed by atoms with van der Waals surface area (Å²) in [5.74, 6) is 0. The average Bonchev–Trinajstić information content (AvgIpc) is 2.49. The van der Waals surface area contributed by atoms with Crippen molar-refractivity contribution >= 4 is 5.69 Å². The van der Waals surface area contributed by atoms with E-state index in [0.29, 0.717) is 0 Å². The Morgan fingerprint density at radius 1 is 1.11 bits per heavy atom. The number of hydrogen-bond donors (Lipinski definition) is 1. The number of nitrogens with one attached hydrogen (secondary N) is 1. The Kier molecular flexibility index (Phi) is 3.81. The van der Waals surface area contributed by atoms with Crippen molar-refractivity contribution in [3.8, 4) is 0 Å². The van der Waals surface area contributed by atoms with Crippen LogP contribution >= 0.6 is 0 Å². The maximum absolute atomic E-state index is 5.91. The van der Waals surface area contributed by atoms with Gasteiger partial charge < -0.3 is 15.0 Å². The number of nitrogens with zero attached hydrogens (tertiary/aromatic N) is 1. The molecule has 2 heterocycles. The molecule has 2 aliphatic heterocycles. The highest BCUT2D eigenvalue weighted by Gasteiger charge is 2.21. The minimum Gasteiger partial charge on any atom is -0.371 e. The van der Waals surface area contributed by atoms with Gasteiger partial charge in [0.15, 0.2) is 0 Å². The monoisotopic (exact) mass is 246 g/mol. The van der Waals surface area contributed by atoms with E-state index in [1.165, 1.54) is 43.6 Å². The van der Waals surface area contributed by atoms with Gasteiger partial charge in [0, 0.05) is 37.4 Å². The average molecular weight is 246 g/mol. The molecule has 1 unspecified atom stereocenters. The third kappa shape index (κ3) is 2.52. The first-order valence-electron chi connectivity index (χ1n) is 7.11. The second-order valence-corrected chi connectivity index (χ2v) is 5.17. The van der Waals surface area contributed by atoms with Crippen molar-refractivity contribution in [3.05, 3.63) is 29.8 Å². The van der Waals surface area contributed by atoms with Gasteiger partial charge in [-0.25, -0.2) is 0 Å².